The summed E-state index contributed by atoms with van der Waals surface area (Å²) < 4.78 is 40.3. The van der Waals surface area contributed by atoms with Crippen molar-refractivity contribution in [2.24, 2.45) is 11.1 Å². The number of piperidine rings is 1. The molecule has 1 fully saturated rings. The third-order valence-electron chi connectivity index (χ3n) is 3.89. The Hall–Kier alpha value is -0.400. The van der Waals surface area contributed by atoms with Crippen molar-refractivity contribution in [2.45, 2.75) is 31.2 Å². The van der Waals surface area contributed by atoms with E-state index >= 15 is 0 Å². The van der Waals surface area contributed by atoms with E-state index in [4.69, 9.17) is 28.9 Å². The molecule has 0 amide bonds. The highest BCUT2D eigenvalue weighted by atomic mass is 35.5. The van der Waals surface area contributed by atoms with E-state index in [1.54, 1.807) is 0 Å². The standard InChI is InChI=1S/C13H17Cl2FN2O2S/c1-13(2)7-18(6-5-10(13)17)21(19,20)9-4-3-8(14)12(16)11(9)15/h3-4,10H,5-7,17H2,1-2H3. The van der Waals surface area contributed by atoms with Crippen molar-refractivity contribution in [1.29, 1.82) is 0 Å². The Morgan fingerprint density at radius 2 is 2.00 bits per heavy atom. The fourth-order valence-corrected chi connectivity index (χ4v) is 4.72. The summed E-state index contributed by atoms with van der Waals surface area (Å²) in [6.45, 7) is 4.36. The zero-order valence-electron chi connectivity index (χ0n) is 11.7. The summed E-state index contributed by atoms with van der Waals surface area (Å²) in [6.07, 6.45) is 0.542. The molecule has 1 aliphatic heterocycles. The van der Waals surface area contributed by atoms with Crippen LogP contribution < -0.4 is 5.73 Å². The van der Waals surface area contributed by atoms with Gasteiger partial charge >= 0.3 is 0 Å². The minimum Gasteiger partial charge on any atom is -0.327 e. The van der Waals surface area contributed by atoms with Crippen LogP contribution in [0.2, 0.25) is 10.0 Å². The minimum atomic E-state index is -3.88. The average Bonchev–Trinajstić information content (AvgIpc) is 2.38. The van der Waals surface area contributed by atoms with Gasteiger partial charge in [0.15, 0.2) is 5.82 Å². The molecule has 1 saturated heterocycles. The van der Waals surface area contributed by atoms with Crippen molar-refractivity contribution in [3.8, 4) is 0 Å². The van der Waals surface area contributed by atoms with E-state index in [9.17, 15) is 12.8 Å². The number of nitrogens with two attached hydrogens (primary N) is 1. The van der Waals surface area contributed by atoms with Crippen molar-refractivity contribution in [2.75, 3.05) is 13.1 Å². The molecule has 0 radical (unpaired) electrons. The number of halogens is 3. The molecule has 0 bridgehead atoms. The van der Waals surface area contributed by atoms with E-state index in [0.717, 1.165) is 0 Å². The summed E-state index contributed by atoms with van der Waals surface area (Å²) in [5.41, 5.74) is 5.65. The Bertz CT molecular complexity index is 664. The zero-order chi connectivity index (χ0) is 16.0. The van der Waals surface area contributed by atoms with E-state index in [2.05, 4.69) is 0 Å². The Morgan fingerprint density at radius 3 is 2.57 bits per heavy atom. The molecule has 2 rings (SSSR count). The van der Waals surface area contributed by atoms with Crippen molar-refractivity contribution in [3.05, 3.63) is 28.0 Å². The van der Waals surface area contributed by atoms with Gasteiger partial charge in [-0.05, 0) is 24.0 Å². The van der Waals surface area contributed by atoms with Crippen LogP contribution in [-0.2, 0) is 10.0 Å². The predicted molar refractivity (Wildman–Crippen MR) is 81.6 cm³/mol. The summed E-state index contributed by atoms with van der Waals surface area (Å²) >= 11 is 11.4. The quantitative estimate of drug-likeness (QED) is 0.830. The van der Waals surface area contributed by atoms with Crippen LogP contribution in [0, 0.1) is 11.2 Å². The first-order valence-electron chi connectivity index (χ1n) is 6.46. The van der Waals surface area contributed by atoms with Gasteiger partial charge < -0.3 is 5.73 Å². The topological polar surface area (TPSA) is 63.4 Å². The van der Waals surface area contributed by atoms with Crippen LogP contribution in [0.1, 0.15) is 20.3 Å². The Kier molecular flexibility index (Phi) is 4.57. The molecule has 1 heterocycles. The molecule has 0 aliphatic carbocycles. The first kappa shape index (κ1) is 17.0. The zero-order valence-corrected chi connectivity index (χ0v) is 14.1. The molecule has 1 aromatic carbocycles. The summed E-state index contributed by atoms with van der Waals surface area (Å²) in [7, 11) is -3.88. The van der Waals surface area contributed by atoms with Crippen LogP contribution in [-0.4, -0.2) is 31.9 Å². The fraction of sp³-hybridized carbons (Fsp3) is 0.538. The third-order valence-corrected chi connectivity index (χ3v) is 6.56. The van der Waals surface area contributed by atoms with Crippen LogP contribution in [0.25, 0.3) is 0 Å². The van der Waals surface area contributed by atoms with Gasteiger partial charge in [-0.3, -0.25) is 0 Å². The average molecular weight is 355 g/mol. The Morgan fingerprint density at radius 1 is 1.38 bits per heavy atom. The molecule has 1 atom stereocenters. The fourth-order valence-electron chi connectivity index (χ4n) is 2.38. The highest BCUT2D eigenvalue weighted by Gasteiger charge is 2.39. The van der Waals surface area contributed by atoms with Crippen LogP contribution in [0.3, 0.4) is 0 Å². The molecule has 8 heteroatoms. The third kappa shape index (κ3) is 3.05. The molecule has 2 N–H and O–H groups in total. The van der Waals surface area contributed by atoms with Gasteiger partial charge in [0.25, 0.3) is 0 Å². The maximum absolute atomic E-state index is 13.7. The minimum absolute atomic E-state index is 0.0821. The lowest BCUT2D eigenvalue weighted by atomic mass is 9.81. The molecule has 4 nitrogen and oxygen atoms in total. The second-order valence-electron chi connectivity index (χ2n) is 5.90. The van der Waals surface area contributed by atoms with E-state index < -0.39 is 20.9 Å². The number of hydrogen-bond acceptors (Lipinski definition) is 3. The maximum Gasteiger partial charge on any atom is 0.244 e. The Labute approximate surface area is 134 Å². The number of hydrogen-bond donors (Lipinski definition) is 1. The van der Waals surface area contributed by atoms with E-state index in [0.29, 0.717) is 6.42 Å². The normalized spacial score (nSPS) is 23.2. The largest absolute Gasteiger partial charge is 0.327 e. The van der Waals surface area contributed by atoms with Crippen LogP contribution in [0.5, 0.6) is 0 Å². The first-order chi connectivity index (χ1) is 9.57. The molecular weight excluding hydrogens is 338 g/mol. The van der Waals surface area contributed by atoms with Gasteiger partial charge in [0.05, 0.1) is 10.0 Å². The number of benzene rings is 1. The predicted octanol–water partition coefficient (Wildman–Crippen LogP) is 2.88. The summed E-state index contributed by atoms with van der Waals surface area (Å²) in [5, 5.41) is -0.685. The van der Waals surface area contributed by atoms with Crippen LogP contribution >= 0.6 is 23.2 Å². The maximum atomic E-state index is 13.7. The lowest BCUT2D eigenvalue weighted by molar-refractivity contribution is 0.155. The second kappa shape index (κ2) is 5.66. The Balaban J connectivity index is 2.42. The van der Waals surface area contributed by atoms with Crippen molar-refractivity contribution >= 4 is 33.2 Å². The molecule has 21 heavy (non-hydrogen) atoms. The molecule has 1 aliphatic rings. The highest BCUT2D eigenvalue weighted by Crippen LogP contribution is 2.35. The van der Waals surface area contributed by atoms with Gasteiger partial charge in [-0.25, -0.2) is 12.8 Å². The molecule has 1 aromatic rings. The molecule has 0 saturated carbocycles. The summed E-state index contributed by atoms with van der Waals surface area (Å²) in [6, 6.07) is 2.34. The van der Waals surface area contributed by atoms with E-state index in [1.165, 1.54) is 16.4 Å². The van der Waals surface area contributed by atoms with Gasteiger partial charge in [-0.1, -0.05) is 37.0 Å². The number of nitrogens with zero attached hydrogens (tertiary/aromatic N) is 1. The first-order valence-corrected chi connectivity index (χ1v) is 8.66. The SMILES string of the molecule is CC1(C)CN(S(=O)(=O)c2ccc(Cl)c(F)c2Cl)CCC1N. The van der Waals surface area contributed by atoms with Crippen LogP contribution in [0.4, 0.5) is 4.39 Å². The van der Waals surface area contributed by atoms with Crippen molar-refractivity contribution in [3.63, 3.8) is 0 Å². The van der Waals surface area contributed by atoms with Crippen molar-refractivity contribution in [1.82, 2.24) is 4.31 Å². The van der Waals surface area contributed by atoms with Gasteiger partial charge in [0.1, 0.15) is 4.90 Å². The van der Waals surface area contributed by atoms with Gasteiger partial charge in [-0.2, -0.15) is 4.31 Å². The number of sulfonamides is 1. The van der Waals surface area contributed by atoms with E-state index in [-0.39, 0.29) is 34.5 Å². The van der Waals surface area contributed by atoms with Crippen molar-refractivity contribution < 1.29 is 12.8 Å². The molecule has 0 spiro atoms. The van der Waals surface area contributed by atoms with Crippen LogP contribution in [0.15, 0.2) is 17.0 Å². The lowest BCUT2D eigenvalue weighted by Crippen LogP contribution is -2.53. The van der Waals surface area contributed by atoms with Gasteiger partial charge in [0.2, 0.25) is 10.0 Å². The number of rotatable bonds is 2. The molecule has 118 valence electrons. The molecule has 0 aromatic heterocycles. The summed E-state index contributed by atoms with van der Waals surface area (Å²) in [4.78, 5) is -0.266. The van der Waals surface area contributed by atoms with E-state index in [1.807, 2.05) is 13.8 Å². The van der Waals surface area contributed by atoms with Gasteiger partial charge in [-0.15, -0.1) is 0 Å². The smallest absolute Gasteiger partial charge is 0.244 e. The summed E-state index contributed by atoms with van der Waals surface area (Å²) in [5.74, 6) is -0.924. The molecule has 1 unspecified atom stereocenters. The van der Waals surface area contributed by atoms with Gasteiger partial charge in [0, 0.05) is 19.1 Å². The monoisotopic (exact) mass is 354 g/mol. The lowest BCUT2D eigenvalue weighted by Gasteiger charge is -2.41. The molecular formula is C13H17Cl2FN2O2S. The second-order valence-corrected chi connectivity index (χ2v) is 8.59. The highest BCUT2D eigenvalue weighted by molar-refractivity contribution is 7.89.